The van der Waals surface area contributed by atoms with Gasteiger partial charge < -0.3 is 25.4 Å². The van der Waals surface area contributed by atoms with E-state index in [-0.39, 0.29) is 41.5 Å². The fraction of sp³-hybridized carbons (Fsp3) is 0.500. The second kappa shape index (κ2) is 11.3. The van der Waals surface area contributed by atoms with Gasteiger partial charge in [0.15, 0.2) is 0 Å². The molecule has 12 heteroatoms. The van der Waals surface area contributed by atoms with Crippen molar-refractivity contribution in [3.63, 3.8) is 0 Å². The van der Waals surface area contributed by atoms with E-state index in [4.69, 9.17) is 4.74 Å². The smallest absolute Gasteiger partial charge is 0.444 e. The zero-order chi connectivity index (χ0) is 26.3. The molecule has 0 spiro atoms. The first-order chi connectivity index (χ1) is 16.9. The molecule has 194 valence electrons. The molecule has 36 heavy (non-hydrogen) atoms. The Kier molecular flexibility index (Phi) is 8.45. The molecule has 2 aromatic rings. The van der Waals surface area contributed by atoms with E-state index >= 15 is 0 Å². The van der Waals surface area contributed by atoms with Gasteiger partial charge >= 0.3 is 12.5 Å². The number of nitrogens with one attached hydrogen (secondary N) is 3. The van der Waals surface area contributed by atoms with Crippen LogP contribution in [0.3, 0.4) is 0 Å². The molecule has 0 aliphatic heterocycles. The van der Waals surface area contributed by atoms with Crippen molar-refractivity contribution < 1.29 is 27.4 Å². The number of nitrogens with zero attached hydrogens (tertiary/aromatic N) is 3. The molecule has 0 radical (unpaired) electrons. The largest absolute Gasteiger partial charge is 0.573 e. The standard InChI is InChI=1S/C24H29F3N6O3/c1-23(2,3)36-22(34)32-18-10-8-17(9-11-18)31-20-16(12-28)14-30-21(33-20)29-13-15-6-4-5-7-19(15)35-24(25,26)27/h4-7,14,17-18H,8-11,13H2,1-3H3,(H,32,34)(H2,29,30,31,33). The van der Waals surface area contributed by atoms with Crippen LogP contribution in [0.1, 0.15) is 57.6 Å². The van der Waals surface area contributed by atoms with Crippen molar-refractivity contribution in [2.45, 2.75) is 77.0 Å². The summed E-state index contributed by atoms with van der Waals surface area (Å²) in [5.41, 5.74) is -0.0496. The SMILES string of the molecule is CC(C)(C)OC(=O)NC1CCC(Nc2nc(NCc3ccccc3OC(F)(F)F)ncc2C#N)CC1. The number of carbonyl (C=O) groups is 1. The fourth-order valence-corrected chi connectivity index (χ4v) is 3.76. The van der Waals surface area contributed by atoms with Crippen molar-refractivity contribution in [2.75, 3.05) is 10.6 Å². The molecule has 0 atom stereocenters. The highest BCUT2D eigenvalue weighted by atomic mass is 19.4. The van der Waals surface area contributed by atoms with E-state index < -0.39 is 18.1 Å². The lowest BCUT2D eigenvalue weighted by Crippen LogP contribution is -2.42. The molecule has 1 fully saturated rings. The van der Waals surface area contributed by atoms with Gasteiger partial charge in [0.2, 0.25) is 5.95 Å². The lowest BCUT2D eigenvalue weighted by Gasteiger charge is -2.31. The molecule has 0 saturated heterocycles. The van der Waals surface area contributed by atoms with Gasteiger partial charge in [-0.25, -0.2) is 9.78 Å². The quantitative estimate of drug-likeness (QED) is 0.474. The number of benzene rings is 1. The average Bonchev–Trinajstić information content (AvgIpc) is 2.78. The highest BCUT2D eigenvalue weighted by Crippen LogP contribution is 2.27. The Balaban J connectivity index is 1.59. The van der Waals surface area contributed by atoms with Gasteiger partial charge in [0.05, 0.1) is 6.20 Å². The Labute approximate surface area is 207 Å². The number of para-hydroxylation sites is 1. The minimum absolute atomic E-state index is 0.00468. The molecule has 1 amide bonds. The van der Waals surface area contributed by atoms with E-state index in [2.05, 4.69) is 30.7 Å². The Morgan fingerprint density at radius 1 is 1.14 bits per heavy atom. The van der Waals surface area contributed by atoms with Crippen LogP contribution in [0.2, 0.25) is 0 Å². The molecule has 9 nitrogen and oxygen atoms in total. The summed E-state index contributed by atoms with van der Waals surface area (Å²) in [7, 11) is 0. The summed E-state index contributed by atoms with van der Waals surface area (Å²) >= 11 is 0. The summed E-state index contributed by atoms with van der Waals surface area (Å²) in [6.07, 6.45) is -0.971. The number of aromatic nitrogens is 2. The van der Waals surface area contributed by atoms with Crippen LogP contribution in [0.25, 0.3) is 0 Å². The normalized spacial score (nSPS) is 18.0. The van der Waals surface area contributed by atoms with Crippen molar-refractivity contribution in [1.82, 2.24) is 15.3 Å². The van der Waals surface area contributed by atoms with Crippen molar-refractivity contribution in [3.05, 3.63) is 41.6 Å². The molecule has 3 N–H and O–H groups in total. The van der Waals surface area contributed by atoms with Gasteiger partial charge in [-0.3, -0.25) is 0 Å². The van der Waals surface area contributed by atoms with Crippen LogP contribution >= 0.6 is 0 Å². The second-order valence-corrected chi connectivity index (χ2v) is 9.42. The molecule has 1 aliphatic rings. The predicted octanol–water partition coefficient (Wildman–Crippen LogP) is 5.11. The van der Waals surface area contributed by atoms with E-state index in [1.54, 1.807) is 26.8 Å². The Morgan fingerprint density at radius 2 is 1.81 bits per heavy atom. The van der Waals surface area contributed by atoms with E-state index in [1.165, 1.54) is 24.4 Å². The summed E-state index contributed by atoms with van der Waals surface area (Å²) < 4.78 is 47.4. The monoisotopic (exact) mass is 506 g/mol. The van der Waals surface area contributed by atoms with E-state index in [9.17, 15) is 23.2 Å². The number of anilines is 2. The molecule has 1 saturated carbocycles. The van der Waals surface area contributed by atoms with E-state index in [1.807, 2.05) is 6.07 Å². The first-order valence-electron chi connectivity index (χ1n) is 11.5. The molecular weight excluding hydrogens is 477 g/mol. The zero-order valence-corrected chi connectivity index (χ0v) is 20.3. The molecule has 0 unspecified atom stereocenters. The number of nitriles is 1. The van der Waals surface area contributed by atoms with E-state index in [0.717, 1.165) is 25.7 Å². The number of halogens is 3. The number of hydrogen-bond donors (Lipinski definition) is 3. The van der Waals surface area contributed by atoms with Crippen molar-refractivity contribution in [1.29, 1.82) is 5.26 Å². The summed E-state index contributed by atoms with van der Waals surface area (Å²) in [5.74, 6) is 0.165. The van der Waals surface area contributed by atoms with Crippen LogP contribution in [0, 0.1) is 11.3 Å². The summed E-state index contributed by atoms with van der Waals surface area (Å²) in [6, 6.07) is 7.84. The van der Waals surface area contributed by atoms with Gasteiger partial charge in [0.25, 0.3) is 0 Å². The molecule has 0 bridgehead atoms. The Morgan fingerprint density at radius 3 is 2.44 bits per heavy atom. The second-order valence-electron chi connectivity index (χ2n) is 9.42. The fourth-order valence-electron chi connectivity index (χ4n) is 3.76. The molecule has 3 rings (SSSR count). The van der Waals surface area contributed by atoms with Crippen LogP contribution in [-0.4, -0.2) is 40.1 Å². The minimum Gasteiger partial charge on any atom is -0.444 e. The lowest BCUT2D eigenvalue weighted by atomic mass is 9.91. The first kappa shape index (κ1) is 26.8. The average molecular weight is 507 g/mol. The summed E-state index contributed by atoms with van der Waals surface area (Å²) in [6.45, 7) is 5.40. The van der Waals surface area contributed by atoms with Crippen LogP contribution < -0.4 is 20.7 Å². The van der Waals surface area contributed by atoms with Crippen LogP contribution in [-0.2, 0) is 11.3 Å². The topological polar surface area (TPSA) is 121 Å². The molecule has 1 aromatic heterocycles. The third kappa shape index (κ3) is 8.48. The van der Waals surface area contributed by atoms with Crippen LogP contribution in [0.4, 0.5) is 29.7 Å². The molecule has 1 aliphatic carbocycles. The number of amides is 1. The van der Waals surface area contributed by atoms with Crippen molar-refractivity contribution in [3.8, 4) is 11.8 Å². The lowest BCUT2D eigenvalue weighted by molar-refractivity contribution is -0.274. The molecular formula is C24H29F3N6O3. The van der Waals surface area contributed by atoms with Gasteiger partial charge in [-0.2, -0.15) is 10.2 Å². The van der Waals surface area contributed by atoms with Crippen LogP contribution in [0.15, 0.2) is 30.5 Å². The van der Waals surface area contributed by atoms with Crippen molar-refractivity contribution in [2.24, 2.45) is 0 Å². The Hall–Kier alpha value is -3.75. The van der Waals surface area contributed by atoms with Gasteiger partial charge in [-0.1, -0.05) is 18.2 Å². The van der Waals surface area contributed by atoms with Crippen molar-refractivity contribution >= 4 is 17.9 Å². The predicted molar refractivity (Wildman–Crippen MR) is 126 cm³/mol. The maximum absolute atomic E-state index is 12.7. The van der Waals surface area contributed by atoms with Gasteiger partial charge in [-0.15, -0.1) is 13.2 Å². The van der Waals surface area contributed by atoms with Crippen LogP contribution in [0.5, 0.6) is 5.75 Å². The summed E-state index contributed by atoms with van der Waals surface area (Å²) in [4.78, 5) is 20.4. The third-order valence-electron chi connectivity index (χ3n) is 5.33. The van der Waals surface area contributed by atoms with Gasteiger partial charge in [0, 0.05) is 24.2 Å². The number of alkyl halides is 3. The number of rotatable bonds is 7. The number of carbonyl (C=O) groups excluding carboxylic acids is 1. The molecule has 1 heterocycles. The summed E-state index contributed by atoms with van der Waals surface area (Å²) in [5, 5.41) is 18.5. The number of ether oxygens (including phenoxy) is 2. The van der Waals surface area contributed by atoms with Gasteiger partial charge in [-0.05, 0) is 52.5 Å². The minimum atomic E-state index is -4.81. The highest BCUT2D eigenvalue weighted by Gasteiger charge is 2.32. The number of alkyl carbamates (subject to hydrolysis) is 1. The van der Waals surface area contributed by atoms with E-state index in [0.29, 0.717) is 5.82 Å². The molecule has 1 aromatic carbocycles. The first-order valence-corrected chi connectivity index (χ1v) is 11.5. The third-order valence-corrected chi connectivity index (χ3v) is 5.33. The maximum atomic E-state index is 12.7. The number of hydrogen-bond acceptors (Lipinski definition) is 8. The Bertz CT molecular complexity index is 1090. The highest BCUT2D eigenvalue weighted by molar-refractivity contribution is 5.68. The maximum Gasteiger partial charge on any atom is 0.573 e. The zero-order valence-electron chi connectivity index (χ0n) is 20.3. The van der Waals surface area contributed by atoms with Gasteiger partial charge in [0.1, 0.15) is 28.8 Å².